The van der Waals surface area contributed by atoms with Crippen LogP contribution >= 0.6 is 11.3 Å². The molecule has 4 nitrogen and oxygen atoms in total. The number of para-hydroxylation sites is 2. The Labute approximate surface area is 210 Å². The average molecular weight is 479 g/mol. The van der Waals surface area contributed by atoms with Gasteiger partial charge in [0.15, 0.2) is 11.5 Å². The predicted octanol–water partition coefficient (Wildman–Crippen LogP) is 7.90. The molecule has 174 valence electrons. The topological polar surface area (TPSA) is 34.1 Å². The van der Waals surface area contributed by atoms with Crippen LogP contribution in [-0.4, -0.2) is 19.4 Å². The zero-order valence-corrected chi connectivity index (χ0v) is 20.3. The fourth-order valence-electron chi connectivity index (χ4n) is 3.80. The van der Waals surface area contributed by atoms with Crippen LogP contribution in [0.15, 0.2) is 96.1 Å². The number of hydrazone groups is 1. The molecule has 2 heterocycles. The van der Waals surface area contributed by atoms with E-state index in [1.54, 1.807) is 11.3 Å². The number of hydrogen-bond donors (Lipinski definition) is 0. The Hall–Kier alpha value is -4.09. The van der Waals surface area contributed by atoms with Gasteiger partial charge in [-0.25, -0.2) is 5.01 Å². The second-order valence-corrected chi connectivity index (χ2v) is 9.00. The number of benzene rings is 3. The van der Waals surface area contributed by atoms with Crippen molar-refractivity contribution >= 4 is 47.2 Å². The van der Waals surface area contributed by atoms with Gasteiger partial charge in [-0.15, -0.1) is 11.3 Å². The molecule has 1 aromatic heterocycles. The molecule has 0 fully saturated rings. The first-order valence-electron chi connectivity index (χ1n) is 11.6. The molecule has 0 unspecified atom stereocenters. The zero-order valence-electron chi connectivity index (χ0n) is 19.5. The maximum Gasteiger partial charge on any atom is 0.181 e. The maximum absolute atomic E-state index is 6.01. The summed E-state index contributed by atoms with van der Waals surface area (Å²) in [7, 11) is 0. The lowest BCUT2D eigenvalue weighted by Gasteiger charge is -2.19. The Balaban J connectivity index is 1.46. The Morgan fingerprint density at radius 3 is 1.80 bits per heavy atom. The number of fused-ring (bicyclic) bond motifs is 1. The van der Waals surface area contributed by atoms with Gasteiger partial charge in [0.05, 0.1) is 27.3 Å². The monoisotopic (exact) mass is 478 g/mol. The molecule has 5 rings (SSSR count). The van der Waals surface area contributed by atoms with Crippen LogP contribution in [0.4, 0.5) is 11.4 Å². The summed E-state index contributed by atoms with van der Waals surface area (Å²) in [6.07, 6.45) is 10.2. The summed E-state index contributed by atoms with van der Waals surface area (Å²) in [5.41, 5.74) is 4.29. The smallest absolute Gasteiger partial charge is 0.181 e. The summed E-state index contributed by atoms with van der Waals surface area (Å²) in [6, 6.07) is 28.7. The molecule has 0 radical (unpaired) electrons. The van der Waals surface area contributed by atoms with Crippen molar-refractivity contribution in [1.82, 2.24) is 0 Å². The van der Waals surface area contributed by atoms with Gasteiger partial charge < -0.3 is 9.47 Å². The van der Waals surface area contributed by atoms with Crippen LogP contribution < -0.4 is 14.5 Å². The summed E-state index contributed by atoms with van der Waals surface area (Å²) in [4.78, 5) is 1.95. The molecule has 0 amide bonds. The van der Waals surface area contributed by atoms with E-state index in [9.17, 15) is 0 Å². The van der Waals surface area contributed by atoms with Crippen molar-refractivity contribution in [3.05, 3.63) is 112 Å². The van der Waals surface area contributed by atoms with Crippen molar-refractivity contribution in [3.63, 3.8) is 0 Å². The molecule has 0 spiro atoms. The van der Waals surface area contributed by atoms with E-state index in [2.05, 4.69) is 42.5 Å². The van der Waals surface area contributed by atoms with Gasteiger partial charge in [-0.05, 0) is 48.4 Å². The van der Waals surface area contributed by atoms with Crippen LogP contribution in [0.1, 0.15) is 27.8 Å². The first kappa shape index (κ1) is 22.7. The van der Waals surface area contributed by atoms with Gasteiger partial charge in [0.2, 0.25) is 0 Å². The molecule has 0 saturated heterocycles. The van der Waals surface area contributed by atoms with E-state index in [4.69, 9.17) is 14.6 Å². The molecule has 0 saturated carbocycles. The number of ether oxygens (including phenoxy) is 2. The van der Waals surface area contributed by atoms with Crippen molar-refractivity contribution in [2.24, 2.45) is 5.10 Å². The Morgan fingerprint density at radius 1 is 0.686 bits per heavy atom. The van der Waals surface area contributed by atoms with Crippen LogP contribution in [0.5, 0.6) is 11.5 Å². The summed E-state index contributed by atoms with van der Waals surface area (Å²) in [6.45, 7) is 3.09. The highest BCUT2D eigenvalue weighted by Gasteiger charge is 2.22. The number of allylic oxidation sites excluding steroid dienone is 1. The van der Waals surface area contributed by atoms with E-state index < -0.39 is 0 Å². The van der Waals surface area contributed by atoms with Crippen molar-refractivity contribution in [3.8, 4) is 11.5 Å². The molecule has 1 aliphatic heterocycles. The van der Waals surface area contributed by atoms with Gasteiger partial charge in [-0.3, -0.25) is 0 Å². The van der Waals surface area contributed by atoms with Crippen LogP contribution in [0.3, 0.4) is 0 Å². The molecular formula is C30H26N2O2S. The van der Waals surface area contributed by atoms with E-state index in [1.807, 2.05) is 84.9 Å². The van der Waals surface area contributed by atoms with E-state index in [-0.39, 0.29) is 0 Å². The maximum atomic E-state index is 6.01. The number of nitrogens with zero attached hydrogens (tertiary/aromatic N) is 2. The second-order valence-electron chi connectivity index (χ2n) is 7.91. The van der Waals surface area contributed by atoms with Gasteiger partial charge in [0.1, 0.15) is 13.2 Å². The van der Waals surface area contributed by atoms with Gasteiger partial charge >= 0.3 is 0 Å². The van der Waals surface area contributed by atoms with Crippen LogP contribution in [0.25, 0.3) is 18.2 Å². The number of rotatable bonds is 7. The van der Waals surface area contributed by atoms with Gasteiger partial charge in [-0.2, -0.15) is 5.10 Å². The first-order chi connectivity index (χ1) is 17.3. The van der Waals surface area contributed by atoms with Crippen LogP contribution in [-0.2, 0) is 0 Å². The molecule has 35 heavy (non-hydrogen) atoms. The lowest BCUT2D eigenvalue weighted by molar-refractivity contribution is 0.173. The third kappa shape index (κ3) is 5.36. The molecule has 3 aromatic carbocycles. The zero-order chi connectivity index (χ0) is 23.9. The molecule has 0 N–H and O–H groups in total. The normalized spacial score (nSPS) is 13.2. The quantitative estimate of drug-likeness (QED) is 0.200. The molecule has 0 bridgehead atoms. The SMILES string of the molecule is CC=Cc1ccc(C=Cc2sc(C=NN(c3ccccc3)c3ccccc3)c3c2OCCO3)cc1. The largest absolute Gasteiger partial charge is 0.485 e. The molecule has 0 aliphatic carbocycles. The Morgan fingerprint density at radius 2 is 1.23 bits per heavy atom. The predicted molar refractivity (Wildman–Crippen MR) is 148 cm³/mol. The molecule has 5 heteroatoms. The summed E-state index contributed by atoms with van der Waals surface area (Å²) >= 11 is 1.61. The van der Waals surface area contributed by atoms with Gasteiger partial charge in [-0.1, -0.05) is 78.9 Å². The summed E-state index contributed by atoms with van der Waals surface area (Å²) in [5.74, 6) is 1.55. The highest BCUT2D eigenvalue weighted by atomic mass is 32.1. The number of anilines is 2. The van der Waals surface area contributed by atoms with Gasteiger partial charge in [0, 0.05) is 0 Å². The fraction of sp³-hybridized carbons (Fsp3) is 0.100. The Bertz CT molecular complexity index is 1300. The van der Waals surface area contributed by atoms with Crippen molar-refractivity contribution in [2.45, 2.75) is 6.92 Å². The molecule has 4 aromatic rings. The minimum Gasteiger partial charge on any atom is -0.485 e. The number of hydrogen-bond acceptors (Lipinski definition) is 5. The minimum absolute atomic E-state index is 0.529. The highest BCUT2D eigenvalue weighted by molar-refractivity contribution is 7.15. The van der Waals surface area contributed by atoms with E-state index in [0.717, 1.165) is 38.2 Å². The molecule has 1 aliphatic rings. The number of thiophene rings is 1. The molecular weight excluding hydrogens is 452 g/mol. The molecule has 0 atom stereocenters. The standard InChI is InChI=1S/C30H26N2O2S/c1-2-9-23-14-16-24(17-15-23)18-19-27-29-30(34-21-20-33-29)28(35-27)22-31-32(25-10-5-3-6-11-25)26-12-7-4-8-13-26/h2-19,22H,20-21H2,1H3. The third-order valence-corrected chi connectivity index (χ3v) is 6.52. The second kappa shape index (κ2) is 10.9. The van der Waals surface area contributed by atoms with Crippen molar-refractivity contribution in [1.29, 1.82) is 0 Å². The van der Waals surface area contributed by atoms with Crippen molar-refractivity contribution < 1.29 is 9.47 Å². The summed E-state index contributed by atoms with van der Waals surface area (Å²) in [5, 5.41) is 6.78. The first-order valence-corrected chi connectivity index (χ1v) is 12.4. The highest BCUT2D eigenvalue weighted by Crippen LogP contribution is 2.44. The van der Waals surface area contributed by atoms with E-state index in [0.29, 0.717) is 13.2 Å². The van der Waals surface area contributed by atoms with E-state index in [1.165, 1.54) is 5.56 Å². The van der Waals surface area contributed by atoms with Crippen LogP contribution in [0, 0.1) is 0 Å². The fourth-order valence-corrected chi connectivity index (χ4v) is 4.77. The van der Waals surface area contributed by atoms with Crippen LogP contribution in [0.2, 0.25) is 0 Å². The lowest BCUT2D eigenvalue weighted by Crippen LogP contribution is -2.15. The van der Waals surface area contributed by atoms with Gasteiger partial charge in [0.25, 0.3) is 0 Å². The van der Waals surface area contributed by atoms with Crippen molar-refractivity contribution in [2.75, 3.05) is 18.2 Å². The Kier molecular flexibility index (Phi) is 7.06. The average Bonchev–Trinajstić information content (AvgIpc) is 3.27. The minimum atomic E-state index is 0.529. The third-order valence-electron chi connectivity index (χ3n) is 5.46. The summed E-state index contributed by atoms with van der Waals surface area (Å²) < 4.78 is 12.0. The van der Waals surface area contributed by atoms with E-state index >= 15 is 0 Å². The lowest BCUT2D eigenvalue weighted by atomic mass is 10.1.